The van der Waals surface area contributed by atoms with E-state index in [2.05, 4.69) is 23.7 Å². The highest BCUT2D eigenvalue weighted by atomic mass is 16.5. The first-order valence-electron chi connectivity index (χ1n) is 7.48. The van der Waals surface area contributed by atoms with E-state index in [1.807, 2.05) is 24.5 Å². The highest BCUT2D eigenvalue weighted by Gasteiger charge is 2.43. The molecule has 0 aromatic carbocycles. The van der Waals surface area contributed by atoms with Crippen molar-refractivity contribution in [3.63, 3.8) is 0 Å². The number of aromatic nitrogens is 1. The van der Waals surface area contributed by atoms with Gasteiger partial charge in [0, 0.05) is 31.5 Å². The Hall–Kier alpha value is -0.930. The monoisotopic (exact) mass is 260 g/mol. The molecular formula is C16H24N2O. The van der Waals surface area contributed by atoms with Crippen LogP contribution in [0.4, 0.5) is 0 Å². The summed E-state index contributed by atoms with van der Waals surface area (Å²) in [5.41, 5.74) is 1.24. The Bertz CT molecular complexity index is 392. The lowest BCUT2D eigenvalue weighted by molar-refractivity contribution is -0.0564. The quantitative estimate of drug-likeness (QED) is 0.832. The van der Waals surface area contributed by atoms with E-state index in [0.717, 1.165) is 18.4 Å². The van der Waals surface area contributed by atoms with Gasteiger partial charge < -0.3 is 9.64 Å². The molecule has 3 nitrogen and oxygen atoms in total. The van der Waals surface area contributed by atoms with Crippen LogP contribution in [-0.4, -0.2) is 35.1 Å². The smallest absolute Gasteiger partial charge is 0.0722 e. The maximum Gasteiger partial charge on any atom is 0.0722 e. The number of piperidine rings is 1. The molecule has 1 aromatic heterocycles. The van der Waals surface area contributed by atoms with Crippen LogP contribution in [0.25, 0.3) is 0 Å². The first-order valence-corrected chi connectivity index (χ1v) is 7.48. The molecule has 1 aromatic rings. The lowest BCUT2D eigenvalue weighted by Gasteiger charge is -2.39. The molecule has 2 fully saturated rings. The average Bonchev–Trinajstić information content (AvgIpc) is 2.66. The van der Waals surface area contributed by atoms with Crippen molar-refractivity contribution in [1.29, 1.82) is 0 Å². The number of pyridine rings is 1. The SMILES string of the molecule is CC(C)N1C[C@H]2CC[C@@H](C1)[C@@H]2OCc1ccncc1. The highest BCUT2D eigenvalue weighted by molar-refractivity contribution is 5.08. The second-order valence-corrected chi connectivity index (χ2v) is 6.28. The molecule has 104 valence electrons. The third kappa shape index (κ3) is 2.82. The zero-order valence-electron chi connectivity index (χ0n) is 12.0. The predicted molar refractivity (Wildman–Crippen MR) is 75.7 cm³/mol. The van der Waals surface area contributed by atoms with E-state index in [1.54, 1.807) is 0 Å². The van der Waals surface area contributed by atoms with Gasteiger partial charge >= 0.3 is 0 Å². The van der Waals surface area contributed by atoms with Crippen molar-refractivity contribution in [3.8, 4) is 0 Å². The van der Waals surface area contributed by atoms with Gasteiger partial charge in [-0.1, -0.05) is 0 Å². The number of fused-ring (bicyclic) bond motifs is 2. The standard InChI is InChI=1S/C16H24N2O/c1-12(2)18-9-14-3-4-15(10-18)16(14)19-11-13-5-7-17-8-6-13/h5-8,12,14-16H,3-4,9-11H2,1-2H3/t14-,15+,16-. The number of nitrogens with zero attached hydrogens (tertiary/aromatic N) is 2. The van der Waals surface area contributed by atoms with Gasteiger partial charge in [0.15, 0.2) is 0 Å². The molecule has 2 heterocycles. The first kappa shape index (κ1) is 13.1. The summed E-state index contributed by atoms with van der Waals surface area (Å²) in [5.74, 6) is 1.48. The Morgan fingerprint density at radius 1 is 1.21 bits per heavy atom. The summed E-state index contributed by atoms with van der Waals surface area (Å²) in [6.45, 7) is 7.78. The number of likely N-dealkylation sites (tertiary alicyclic amines) is 1. The second kappa shape index (κ2) is 5.59. The van der Waals surface area contributed by atoms with Gasteiger partial charge in [0.2, 0.25) is 0 Å². The molecule has 1 aliphatic carbocycles. The summed E-state index contributed by atoms with van der Waals surface area (Å²) in [6, 6.07) is 4.76. The fourth-order valence-corrected chi connectivity index (χ4v) is 3.57. The average molecular weight is 260 g/mol. The maximum absolute atomic E-state index is 6.23. The molecule has 0 unspecified atom stereocenters. The van der Waals surface area contributed by atoms with Crippen LogP contribution in [0.1, 0.15) is 32.3 Å². The zero-order chi connectivity index (χ0) is 13.2. The Morgan fingerprint density at radius 2 is 1.84 bits per heavy atom. The predicted octanol–water partition coefficient (Wildman–Crippen LogP) is 2.72. The number of hydrogen-bond donors (Lipinski definition) is 0. The van der Waals surface area contributed by atoms with Gasteiger partial charge in [0.1, 0.15) is 0 Å². The third-order valence-corrected chi connectivity index (χ3v) is 4.70. The van der Waals surface area contributed by atoms with E-state index in [0.29, 0.717) is 12.1 Å². The van der Waals surface area contributed by atoms with E-state index in [-0.39, 0.29) is 0 Å². The molecule has 3 heteroatoms. The fraction of sp³-hybridized carbons (Fsp3) is 0.688. The summed E-state index contributed by atoms with van der Waals surface area (Å²) >= 11 is 0. The van der Waals surface area contributed by atoms with Crippen LogP contribution in [0, 0.1) is 11.8 Å². The molecule has 2 bridgehead atoms. The molecule has 1 aliphatic heterocycles. The Balaban J connectivity index is 1.58. The van der Waals surface area contributed by atoms with Crippen LogP contribution in [0.5, 0.6) is 0 Å². The summed E-state index contributed by atoms with van der Waals surface area (Å²) in [4.78, 5) is 6.67. The van der Waals surface area contributed by atoms with E-state index in [1.165, 1.54) is 31.5 Å². The minimum absolute atomic E-state index is 0.475. The Labute approximate surface area is 116 Å². The largest absolute Gasteiger partial charge is 0.373 e. The summed E-state index contributed by atoms with van der Waals surface area (Å²) in [6.07, 6.45) is 6.84. The van der Waals surface area contributed by atoms with E-state index < -0.39 is 0 Å². The van der Waals surface area contributed by atoms with Gasteiger partial charge in [-0.2, -0.15) is 0 Å². The van der Waals surface area contributed by atoms with Gasteiger partial charge in [-0.15, -0.1) is 0 Å². The van der Waals surface area contributed by atoms with Gasteiger partial charge in [0.25, 0.3) is 0 Å². The van der Waals surface area contributed by atoms with Crippen LogP contribution in [-0.2, 0) is 11.3 Å². The van der Waals surface area contributed by atoms with E-state index in [9.17, 15) is 0 Å². The van der Waals surface area contributed by atoms with Crippen LogP contribution in [0.2, 0.25) is 0 Å². The molecule has 0 N–H and O–H groups in total. The van der Waals surface area contributed by atoms with E-state index in [4.69, 9.17) is 4.74 Å². The number of ether oxygens (including phenoxy) is 1. The molecule has 3 rings (SSSR count). The van der Waals surface area contributed by atoms with Gasteiger partial charge in [-0.05, 0) is 56.2 Å². The van der Waals surface area contributed by atoms with Crippen molar-refractivity contribution in [2.45, 2.75) is 45.4 Å². The van der Waals surface area contributed by atoms with Crippen molar-refractivity contribution < 1.29 is 4.74 Å². The summed E-state index contributed by atoms with van der Waals surface area (Å²) in [7, 11) is 0. The van der Waals surface area contributed by atoms with Gasteiger partial charge in [0.05, 0.1) is 12.7 Å². The summed E-state index contributed by atoms with van der Waals surface area (Å²) < 4.78 is 6.23. The van der Waals surface area contributed by atoms with Gasteiger partial charge in [-0.25, -0.2) is 0 Å². The Morgan fingerprint density at radius 3 is 2.42 bits per heavy atom. The lowest BCUT2D eigenvalue weighted by atomic mass is 9.94. The minimum atomic E-state index is 0.475. The minimum Gasteiger partial charge on any atom is -0.373 e. The van der Waals surface area contributed by atoms with Crippen molar-refractivity contribution in [2.24, 2.45) is 11.8 Å². The molecular weight excluding hydrogens is 236 g/mol. The van der Waals surface area contributed by atoms with Crippen molar-refractivity contribution >= 4 is 0 Å². The van der Waals surface area contributed by atoms with E-state index >= 15 is 0 Å². The number of rotatable bonds is 4. The zero-order valence-corrected chi connectivity index (χ0v) is 12.0. The second-order valence-electron chi connectivity index (χ2n) is 6.28. The molecule has 3 atom stereocenters. The number of hydrogen-bond acceptors (Lipinski definition) is 3. The van der Waals surface area contributed by atoms with Crippen LogP contribution in [0.3, 0.4) is 0 Å². The van der Waals surface area contributed by atoms with Crippen LogP contribution in [0.15, 0.2) is 24.5 Å². The van der Waals surface area contributed by atoms with Crippen molar-refractivity contribution in [1.82, 2.24) is 9.88 Å². The Kier molecular flexibility index (Phi) is 3.85. The van der Waals surface area contributed by atoms with Crippen LogP contribution >= 0.6 is 0 Å². The molecule has 19 heavy (non-hydrogen) atoms. The van der Waals surface area contributed by atoms with Crippen LogP contribution < -0.4 is 0 Å². The normalized spacial score (nSPS) is 31.0. The molecule has 1 saturated carbocycles. The van der Waals surface area contributed by atoms with Gasteiger partial charge in [-0.3, -0.25) is 4.98 Å². The summed E-state index contributed by atoms with van der Waals surface area (Å²) in [5, 5.41) is 0. The first-order chi connectivity index (χ1) is 9.24. The third-order valence-electron chi connectivity index (χ3n) is 4.70. The maximum atomic E-state index is 6.23. The molecule has 0 radical (unpaired) electrons. The lowest BCUT2D eigenvalue weighted by Crippen LogP contribution is -2.48. The van der Waals surface area contributed by atoms with Crippen molar-refractivity contribution in [2.75, 3.05) is 13.1 Å². The molecule has 0 amide bonds. The molecule has 1 saturated heterocycles. The molecule has 2 aliphatic rings. The van der Waals surface area contributed by atoms with Crippen molar-refractivity contribution in [3.05, 3.63) is 30.1 Å². The topological polar surface area (TPSA) is 25.4 Å². The molecule has 0 spiro atoms. The fourth-order valence-electron chi connectivity index (χ4n) is 3.57. The highest BCUT2D eigenvalue weighted by Crippen LogP contribution is 2.39.